The van der Waals surface area contributed by atoms with Crippen LogP contribution in [0.3, 0.4) is 0 Å². The molecule has 0 aliphatic rings. The maximum absolute atomic E-state index is 5.43. The molecule has 0 spiro atoms. The summed E-state index contributed by atoms with van der Waals surface area (Å²) in [5.41, 5.74) is 5.95. The van der Waals surface area contributed by atoms with E-state index >= 15 is 0 Å². The highest BCUT2D eigenvalue weighted by molar-refractivity contribution is 7.80. The first-order valence-electron chi connectivity index (χ1n) is 5.35. The van der Waals surface area contributed by atoms with Gasteiger partial charge in [0.1, 0.15) is 22.8 Å². The van der Waals surface area contributed by atoms with Crippen LogP contribution in [0.5, 0.6) is 0 Å². The molecule has 18 heavy (non-hydrogen) atoms. The number of nitrogens with zero attached hydrogens (tertiary/aromatic N) is 5. The van der Waals surface area contributed by atoms with Crippen LogP contribution in [-0.2, 0) is 13.5 Å². The van der Waals surface area contributed by atoms with Crippen LogP contribution in [0.4, 0.5) is 5.82 Å². The second-order valence-electron chi connectivity index (χ2n) is 3.66. The number of nitrogens with two attached hydrogens (primary N) is 1. The van der Waals surface area contributed by atoms with Crippen molar-refractivity contribution in [1.29, 1.82) is 0 Å². The van der Waals surface area contributed by atoms with E-state index in [-0.39, 0.29) is 4.99 Å². The Labute approximate surface area is 109 Å². The van der Waals surface area contributed by atoms with Crippen LogP contribution in [0.2, 0.25) is 0 Å². The summed E-state index contributed by atoms with van der Waals surface area (Å²) < 4.78 is 1.67. The first kappa shape index (κ1) is 12.4. The average Bonchev–Trinajstić information content (AvgIpc) is 2.76. The number of aromatic nitrogens is 5. The third-order valence-electron chi connectivity index (χ3n) is 2.21. The summed E-state index contributed by atoms with van der Waals surface area (Å²) in [6, 6.07) is 0. The molecule has 94 valence electrons. The molecule has 0 radical (unpaired) electrons. The molecule has 0 aliphatic carbocycles. The molecular weight excluding hydrogens is 250 g/mol. The maximum Gasteiger partial charge on any atom is 0.152 e. The number of hydrogen-bond acceptors (Lipinski definition) is 6. The molecule has 0 atom stereocenters. The summed E-state index contributed by atoms with van der Waals surface area (Å²) in [5, 5.41) is 7.30. The first-order valence-corrected chi connectivity index (χ1v) is 5.76. The molecule has 2 aromatic rings. The summed E-state index contributed by atoms with van der Waals surface area (Å²) in [6.07, 6.45) is 5.54. The molecule has 0 saturated heterocycles. The van der Waals surface area contributed by atoms with E-state index in [1.807, 2.05) is 7.05 Å². The molecule has 0 aromatic carbocycles. The number of thiocarbonyl (C=S) groups is 1. The second kappa shape index (κ2) is 5.50. The Morgan fingerprint density at radius 2 is 2.22 bits per heavy atom. The Morgan fingerprint density at radius 1 is 1.39 bits per heavy atom. The summed E-state index contributed by atoms with van der Waals surface area (Å²) >= 11 is 4.80. The Balaban J connectivity index is 1.85. The Kier molecular flexibility index (Phi) is 3.78. The average molecular weight is 263 g/mol. The lowest BCUT2D eigenvalue weighted by Gasteiger charge is -2.03. The van der Waals surface area contributed by atoms with Gasteiger partial charge in [-0.1, -0.05) is 12.2 Å². The van der Waals surface area contributed by atoms with Gasteiger partial charge in [0, 0.05) is 20.0 Å². The fourth-order valence-electron chi connectivity index (χ4n) is 1.35. The van der Waals surface area contributed by atoms with Gasteiger partial charge in [-0.05, 0) is 0 Å². The van der Waals surface area contributed by atoms with E-state index in [2.05, 4.69) is 25.4 Å². The van der Waals surface area contributed by atoms with Crippen molar-refractivity contribution in [3.63, 3.8) is 0 Å². The SMILES string of the molecule is Cn1cnc(CCNc2cnc(C(N)=S)cn2)n1. The Morgan fingerprint density at radius 3 is 2.78 bits per heavy atom. The van der Waals surface area contributed by atoms with Crippen LogP contribution >= 0.6 is 12.2 Å². The van der Waals surface area contributed by atoms with Gasteiger partial charge in [-0.2, -0.15) is 5.10 Å². The van der Waals surface area contributed by atoms with Gasteiger partial charge in [-0.15, -0.1) is 0 Å². The van der Waals surface area contributed by atoms with Crippen molar-refractivity contribution in [3.05, 3.63) is 30.2 Å². The maximum atomic E-state index is 5.43. The van der Waals surface area contributed by atoms with Gasteiger partial charge in [0.15, 0.2) is 5.82 Å². The molecular formula is C10H13N7S. The van der Waals surface area contributed by atoms with Crippen molar-refractivity contribution in [1.82, 2.24) is 24.7 Å². The fraction of sp³-hybridized carbons (Fsp3) is 0.300. The van der Waals surface area contributed by atoms with Crippen molar-refractivity contribution >= 4 is 23.0 Å². The molecule has 0 amide bonds. The first-order chi connectivity index (χ1) is 8.65. The van der Waals surface area contributed by atoms with Gasteiger partial charge < -0.3 is 11.1 Å². The van der Waals surface area contributed by atoms with E-state index in [0.717, 1.165) is 12.2 Å². The molecule has 2 heterocycles. The highest BCUT2D eigenvalue weighted by Crippen LogP contribution is 2.01. The molecule has 0 fully saturated rings. The molecule has 3 N–H and O–H groups in total. The molecule has 7 nitrogen and oxygen atoms in total. The molecule has 2 rings (SSSR count). The lowest BCUT2D eigenvalue weighted by molar-refractivity contribution is 0.741. The minimum atomic E-state index is 0.242. The van der Waals surface area contributed by atoms with Crippen LogP contribution < -0.4 is 11.1 Å². The predicted molar refractivity (Wildman–Crippen MR) is 71.1 cm³/mol. The van der Waals surface area contributed by atoms with E-state index in [1.54, 1.807) is 23.4 Å². The van der Waals surface area contributed by atoms with Crippen LogP contribution in [0.25, 0.3) is 0 Å². The number of aryl methyl sites for hydroxylation is 1. The highest BCUT2D eigenvalue weighted by atomic mass is 32.1. The van der Waals surface area contributed by atoms with Crippen molar-refractivity contribution in [2.45, 2.75) is 6.42 Å². The lowest BCUT2D eigenvalue weighted by atomic mass is 10.4. The molecule has 0 unspecified atom stereocenters. The minimum absolute atomic E-state index is 0.242. The quantitative estimate of drug-likeness (QED) is 0.727. The minimum Gasteiger partial charge on any atom is -0.388 e. The summed E-state index contributed by atoms with van der Waals surface area (Å²) in [5.74, 6) is 1.46. The largest absolute Gasteiger partial charge is 0.388 e. The summed E-state index contributed by atoms with van der Waals surface area (Å²) in [4.78, 5) is 12.6. The standard InChI is InChI=1S/C10H13N7S/c1-17-6-15-8(16-17)2-3-12-9-5-13-7(4-14-9)10(11)18/h4-6H,2-3H2,1H3,(H2,11,18)(H,12,14). The third-order valence-corrected chi connectivity index (χ3v) is 2.42. The van der Waals surface area contributed by atoms with E-state index < -0.39 is 0 Å². The smallest absolute Gasteiger partial charge is 0.152 e. The van der Waals surface area contributed by atoms with Crippen molar-refractivity contribution in [3.8, 4) is 0 Å². The molecule has 0 bridgehead atoms. The third kappa shape index (κ3) is 3.20. The number of rotatable bonds is 5. The predicted octanol–water partition coefficient (Wildman–Crippen LogP) is -0.106. The van der Waals surface area contributed by atoms with Gasteiger partial charge in [-0.3, -0.25) is 4.68 Å². The molecule has 0 saturated carbocycles. The normalized spacial score (nSPS) is 10.3. The van der Waals surface area contributed by atoms with Crippen molar-refractivity contribution in [2.75, 3.05) is 11.9 Å². The zero-order chi connectivity index (χ0) is 13.0. The Bertz CT molecular complexity index is 533. The summed E-state index contributed by atoms with van der Waals surface area (Å²) in [7, 11) is 1.84. The molecule has 8 heteroatoms. The number of hydrogen-bond donors (Lipinski definition) is 2. The Hall–Kier alpha value is -2.09. The van der Waals surface area contributed by atoms with E-state index in [4.69, 9.17) is 18.0 Å². The molecule has 2 aromatic heterocycles. The van der Waals surface area contributed by atoms with Gasteiger partial charge in [0.25, 0.3) is 0 Å². The van der Waals surface area contributed by atoms with Gasteiger partial charge in [0.05, 0.1) is 12.4 Å². The lowest BCUT2D eigenvalue weighted by Crippen LogP contribution is -2.13. The number of anilines is 1. The van der Waals surface area contributed by atoms with Gasteiger partial charge in [-0.25, -0.2) is 15.0 Å². The topological polar surface area (TPSA) is 94.5 Å². The van der Waals surface area contributed by atoms with Gasteiger partial charge in [0.2, 0.25) is 0 Å². The van der Waals surface area contributed by atoms with Crippen LogP contribution in [0.1, 0.15) is 11.5 Å². The zero-order valence-corrected chi connectivity index (χ0v) is 10.7. The molecule has 0 aliphatic heterocycles. The monoisotopic (exact) mass is 263 g/mol. The second-order valence-corrected chi connectivity index (χ2v) is 4.10. The van der Waals surface area contributed by atoms with Crippen LogP contribution in [0.15, 0.2) is 18.7 Å². The number of nitrogens with one attached hydrogen (secondary N) is 1. The highest BCUT2D eigenvalue weighted by Gasteiger charge is 2.01. The van der Waals surface area contributed by atoms with Crippen molar-refractivity contribution < 1.29 is 0 Å². The van der Waals surface area contributed by atoms with Crippen LogP contribution in [-0.4, -0.2) is 36.3 Å². The van der Waals surface area contributed by atoms with Crippen molar-refractivity contribution in [2.24, 2.45) is 12.8 Å². The summed E-state index contributed by atoms with van der Waals surface area (Å²) in [6.45, 7) is 0.686. The van der Waals surface area contributed by atoms with E-state index in [9.17, 15) is 0 Å². The van der Waals surface area contributed by atoms with E-state index in [1.165, 1.54) is 0 Å². The van der Waals surface area contributed by atoms with E-state index in [0.29, 0.717) is 18.1 Å². The van der Waals surface area contributed by atoms with Crippen LogP contribution in [0, 0.1) is 0 Å². The zero-order valence-electron chi connectivity index (χ0n) is 9.87. The van der Waals surface area contributed by atoms with Gasteiger partial charge >= 0.3 is 0 Å². The fourth-order valence-corrected chi connectivity index (χ4v) is 1.45.